The Bertz CT molecular complexity index is 525. The highest BCUT2D eigenvalue weighted by atomic mass is 16.6. The molecule has 0 fully saturated rings. The van der Waals surface area contributed by atoms with Crippen molar-refractivity contribution in [3.63, 3.8) is 0 Å². The van der Waals surface area contributed by atoms with E-state index in [0.29, 0.717) is 6.42 Å². The Kier molecular flexibility index (Phi) is 6.02. The lowest BCUT2D eigenvalue weighted by Crippen LogP contribution is -2.43. The Hall–Kier alpha value is -1.59. The quantitative estimate of drug-likeness (QED) is 0.874. The normalized spacial score (nSPS) is 16.5. The number of carbonyl (C=O) groups is 1. The molecule has 1 unspecified atom stereocenters. The molecule has 0 aromatic heterocycles. The number of amides is 1. The first kappa shape index (κ1) is 17.8. The molecule has 1 aliphatic rings. The third-order valence-corrected chi connectivity index (χ3v) is 3.94. The molecule has 0 saturated heterocycles. The Morgan fingerprint density at radius 3 is 2.70 bits per heavy atom. The highest BCUT2D eigenvalue weighted by Crippen LogP contribution is 2.18. The minimum absolute atomic E-state index is 0.0797. The Balaban J connectivity index is 1.79. The van der Waals surface area contributed by atoms with Crippen LogP contribution in [-0.4, -0.2) is 47.4 Å². The predicted molar refractivity (Wildman–Crippen MR) is 90.3 cm³/mol. The van der Waals surface area contributed by atoms with Gasteiger partial charge in [0.05, 0.1) is 12.6 Å². The van der Waals surface area contributed by atoms with Crippen molar-refractivity contribution in [1.82, 2.24) is 10.2 Å². The molecule has 2 N–H and O–H groups in total. The summed E-state index contributed by atoms with van der Waals surface area (Å²) in [6.45, 7) is 8.19. The van der Waals surface area contributed by atoms with Gasteiger partial charge >= 0.3 is 6.09 Å². The van der Waals surface area contributed by atoms with Crippen LogP contribution in [0.25, 0.3) is 0 Å². The van der Waals surface area contributed by atoms with Crippen LogP contribution in [0.1, 0.15) is 38.3 Å². The molecule has 0 spiro atoms. The number of aliphatic hydroxyl groups excluding tert-OH is 1. The van der Waals surface area contributed by atoms with Gasteiger partial charge in [0.15, 0.2) is 0 Å². The second-order valence-electron chi connectivity index (χ2n) is 7.11. The SMILES string of the molecule is CC(C)(C)OC(=O)NC(CO)CCN1CCc2ccccc2C1. The maximum Gasteiger partial charge on any atom is 0.407 e. The van der Waals surface area contributed by atoms with Crippen LogP contribution in [0.2, 0.25) is 0 Å². The number of rotatable bonds is 5. The first-order valence-electron chi connectivity index (χ1n) is 8.27. The Morgan fingerprint density at radius 2 is 2.04 bits per heavy atom. The summed E-state index contributed by atoms with van der Waals surface area (Å²) in [6, 6.07) is 8.24. The van der Waals surface area contributed by atoms with Crippen LogP contribution in [0, 0.1) is 0 Å². The van der Waals surface area contributed by atoms with Gasteiger partial charge in [-0.3, -0.25) is 4.90 Å². The molecule has 2 rings (SSSR count). The molecule has 0 radical (unpaired) electrons. The topological polar surface area (TPSA) is 61.8 Å². The van der Waals surface area contributed by atoms with Crippen LogP contribution in [0.5, 0.6) is 0 Å². The molecule has 5 nitrogen and oxygen atoms in total. The van der Waals surface area contributed by atoms with Gasteiger partial charge in [0.1, 0.15) is 5.60 Å². The fourth-order valence-electron chi connectivity index (χ4n) is 2.77. The number of fused-ring (bicyclic) bond motifs is 1. The number of carbonyl (C=O) groups excluding carboxylic acids is 1. The molecule has 0 saturated carbocycles. The lowest BCUT2D eigenvalue weighted by atomic mass is 9.99. The first-order valence-corrected chi connectivity index (χ1v) is 8.27. The zero-order chi connectivity index (χ0) is 16.9. The van der Waals surface area contributed by atoms with E-state index in [4.69, 9.17) is 4.74 Å². The highest BCUT2D eigenvalue weighted by molar-refractivity contribution is 5.68. The number of hydrogen-bond acceptors (Lipinski definition) is 4. The summed E-state index contributed by atoms with van der Waals surface area (Å²) in [5.74, 6) is 0. The molecule has 0 aliphatic carbocycles. The lowest BCUT2D eigenvalue weighted by molar-refractivity contribution is 0.0473. The van der Waals surface area contributed by atoms with Crippen molar-refractivity contribution >= 4 is 6.09 Å². The summed E-state index contributed by atoms with van der Waals surface area (Å²) in [5.41, 5.74) is 2.27. The molecular weight excluding hydrogens is 292 g/mol. The fourth-order valence-corrected chi connectivity index (χ4v) is 2.77. The largest absolute Gasteiger partial charge is 0.444 e. The molecule has 23 heavy (non-hydrogen) atoms. The van der Waals surface area contributed by atoms with E-state index in [1.807, 2.05) is 20.8 Å². The van der Waals surface area contributed by atoms with Crippen molar-refractivity contribution in [2.45, 2.75) is 51.8 Å². The molecule has 5 heteroatoms. The minimum atomic E-state index is -0.527. The standard InChI is InChI=1S/C18H28N2O3/c1-18(2,3)23-17(22)19-16(13-21)9-11-20-10-8-14-6-4-5-7-15(14)12-20/h4-7,16,21H,8-13H2,1-3H3,(H,19,22). The summed E-state index contributed by atoms with van der Waals surface area (Å²) in [5, 5.41) is 12.2. The van der Waals surface area contributed by atoms with Gasteiger partial charge in [-0.1, -0.05) is 24.3 Å². The van der Waals surface area contributed by atoms with E-state index < -0.39 is 11.7 Å². The third kappa shape index (κ3) is 5.84. The molecule has 0 bridgehead atoms. The van der Waals surface area contributed by atoms with Gasteiger partial charge in [-0.15, -0.1) is 0 Å². The number of nitrogens with zero attached hydrogens (tertiary/aromatic N) is 1. The second kappa shape index (κ2) is 7.79. The second-order valence-corrected chi connectivity index (χ2v) is 7.11. The molecule has 128 valence electrons. The maximum absolute atomic E-state index is 11.8. The minimum Gasteiger partial charge on any atom is -0.444 e. The molecular formula is C18H28N2O3. The fraction of sp³-hybridized carbons (Fsp3) is 0.611. The van der Waals surface area contributed by atoms with Crippen LogP contribution >= 0.6 is 0 Å². The number of benzene rings is 1. The highest BCUT2D eigenvalue weighted by Gasteiger charge is 2.21. The van der Waals surface area contributed by atoms with E-state index in [-0.39, 0.29) is 12.6 Å². The van der Waals surface area contributed by atoms with Crippen molar-refractivity contribution in [3.8, 4) is 0 Å². The smallest absolute Gasteiger partial charge is 0.407 e. The van der Waals surface area contributed by atoms with E-state index in [0.717, 1.165) is 26.1 Å². The van der Waals surface area contributed by atoms with E-state index in [9.17, 15) is 9.90 Å². The first-order chi connectivity index (χ1) is 10.9. The summed E-state index contributed by atoms with van der Waals surface area (Å²) < 4.78 is 5.23. The van der Waals surface area contributed by atoms with Crippen molar-refractivity contribution in [3.05, 3.63) is 35.4 Å². The average molecular weight is 320 g/mol. The van der Waals surface area contributed by atoms with E-state index in [2.05, 4.69) is 34.5 Å². The van der Waals surface area contributed by atoms with Crippen molar-refractivity contribution < 1.29 is 14.6 Å². The molecule has 1 atom stereocenters. The summed E-state index contributed by atoms with van der Waals surface area (Å²) in [4.78, 5) is 14.1. The molecule has 1 aromatic carbocycles. The van der Waals surface area contributed by atoms with Gasteiger partial charge < -0.3 is 15.2 Å². The molecule has 1 amide bonds. The van der Waals surface area contributed by atoms with Crippen molar-refractivity contribution in [2.75, 3.05) is 19.7 Å². The number of alkyl carbamates (subject to hydrolysis) is 1. The number of ether oxygens (including phenoxy) is 1. The monoisotopic (exact) mass is 320 g/mol. The van der Waals surface area contributed by atoms with Gasteiger partial charge in [-0.25, -0.2) is 4.79 Å². The molecule has 1 heterocycles. The molecule has 1 aromatic rings. The van der Waals surface area contributed by atoms with Crippen molar-refractivity contribution in [2.24, 2.45) is 0 Å². The van der Waals surface area contributed by atoms with Crippen molar-refractivity contribution in [1.29, 1.82) is 0 Å². The lowest BCUT2D eigenvalue weighted by Gasteiger charge is -2.30. The zero-order valence-electron chi connectivity index (χ0n) is 14.3. The van der Waals surface area contributed by atoms with E-state index in [1.165, 1.54) is 11.1 Å². The van der Waals surface area contributed by atoms with Crippen LogP contribution < -0.4 is 5.32 Å². The van der Waals surface area contributed by atoms with Gasteiger partial charge in [0.2, 0.25) is 0 Å². The Morgan fingerprint density at radius 1 is 1.35 bits per heavy atom. The maximum atomic E-state index is 11.8. The summed E-state index contributed by atoms with van der Waals surface area (Å²) in [7, 11) is 0. The van der Waals surface area contributed by atoms with Crippen LogP contribution in [-0.2, 0) is 17.7 Å². The Labute approximate surface area is 138 Å². The average Bonchev–Trinajstić information content (AvgIpc) is 2.49. The van der Waals surface area contributed by atoms with Gasteiger partial charge in [0.25, 0.3) is 0 Å². The predicted octanol–water partition coefficient (Wildman–Crippen LogP) is 2.32. The van der Waals surface area contributed by atoms with Gasteiger partial charge in [-0.05, 0) is 44.7 Å². The summed E-state index contributed by atoms with van der Waals surface area (Å²) >= 11 is 0. The van der Waals surface area contributed by atoms with Gasteiger partial charge in [-0.2, -0.15) is 0 Å². The number of nitrogens with one attached hydrogen (secondary N) is 1. The summed E-state index contributed by atoms with van der Waals surface area (Å²) in [6.07, 6.45) is 1.29. The number of aliphatic hydroxyl groups is 1. The third-order valence-electron chi connectivity index (χ3n) is 3.94. The van der Waals surface area contributed by atoms with Gasteiger partial charge in [0, 0.05) is 19.6 Å². The number of hydrogen-bond donors (Lipinski definition) is 2. The molecule has 1 aliphatic heterocycles. The van der Waals surface area contributed by atoms with Crippen LogP contribution in [0.15, 0.2) is 24.3 Å². The van der Waals surface area contributed by atoms with Crippen LogP contribution in [0.3, 0.4) is 0 Å². The van der Waals surface area contributed by atoms with Crippen LogP contribution in [0.4, 0.5) is 4.79 Å². The van der Waals surface area contributed by atoms with E-state index in [1.54, 1.807) is 0 Å². The van der Waals surface area contributed by atoms with E-state index >= 15 is 0 Å². The zero-order valence-corrected chi connectivity index (χ0v) is 14.3.